The average Bonchev–Trinajstić information content (AvgIpc) is 3.32. The molecular formula is C21H15F4N. The maximum absolute atomic E-state index is 13.8. The number of halogens is 4. The molecule has 0 spiro atoms. The highest BCUT2D eigenvalue weighted by Crippen LogP contribution is 2.58. The summed E-state index contributed by atoms with van der Waals surface area (Å²) in [6, 6.07) is 7.69. The van der Waals surface area contributed by atoms with Crippen molar-refractivity contribution in [2.45, 2.75) is 31.1 Å². The number of rotatable bonds is 2. The molecule has 3 aromatic rings. The predicted molar refractivity (Wildman–Crippen MR) is 90.8 cm³/mol. The van der Waals surface area contributed by atoms with Gasteiger partial charge in [0.1, 0.15) is 0 Å². The van der Waals surface area contributed by atoms with Gasteiger partial charge in [-0.25, -0.2) is 17.6 Å². The number of nitrogens with one attached hydrogen (secondary N) is 1. The summed E-state index contributed by atoms with van der Waals surface area (Å²) in [4.78, 5) is 3.30. The normalized spacial score (nSPS) is 20.6. The van der Waals surface area contributed by atoms with Crippen LogP contribution in [-0.4, -0.2) is 4.98 Å². The molecule has 1 fully saturated rings. The zero-order chi connectivity index (χ0) is 18.0. The van der Waals surface area contributed by atoms with Gasteiger partial charge in [-0.15, -0.1) is 0 Å². The van der Waals surface area contributed by atoms with Crippen LogP contribution in [0.15, 0.2) is 36.4 Å². The summed E-state index contributed by atoms with van der Waals surface area (Å²) < 4.78 is 54.2. The molecule has 0 saturated heterocycles. The molecule has 1 aromatic heterocycles. The summed E-state index contributed by atoms with van der Waals surface area (Å²) in [7, 11) is 0. The van der Waals surface area contributed by atoms with Crippen molar-refractivity contribution in [1.82, 2.24) is 4.98 Å². The van der Waals surface area contributed by atoms with Crippen LogP contribution in [0.1, 0.15) is 42.2 Å². The molecular weight excluding hydrogens is 342 g/mol. The Kier molecular flexibility index (Phi) is 3.30. The minimum atomic E-state index is -0.900. The molecule has 26 heavy (non-hydrogen) atoms. The smallest absolute Gasteiger partial charge is 0.159 e. The summed E-state index contributed by atoms with van der Waals surface area (Å²) in [5.41, 5.74) is 4.89. The minimum absolute atomic E-state index is 0.369. The number of hydrogen-bond acceptors (Lipinski definition) is 0. The van der Waals surface area contributed by atoms with Crippen LogP contribution in [0.25, 0.3) is 22.5 Å². The molecule has 2 atom stereocenters. The maximum atomic E-state index is 13.8. The fraction of sp³-hybridized carbons (Fsp3) is 0.238. The van der Waals surface area contributed by atoms with Gasteiger partial charge in [0.15, 0.2) is 23.3 Å². The van der Waals surface area contributed by atoms with Crippen LogP contribution in [0.3, 0.4) is 0 Å². The van der Waals surface area contributed by atoms with Crippen molar-refractivity contribution in [2.24, 2.45) is 0 Å². The van der Waals surface area contributed by atoms with Crippen LogP contribution in [0.5, 0.6) is 0 Å². The zero-order valence-electron chi connectivity index (χ0n) is 13.8. The fourth-order valence-corrected chi connectivity index (χ4v) is 4.64. The second-order valence-corrected chi connectivity index (χ2v) is 7.17. The third-order valence-corrected chi connectivity index (χ3v) is 5.74. The van der Waals surface area contributed by atoms with Gasteiger partial charge in [0.05, 0.1) is 0 Å². The molecule has 0 aliphatic heterocycles. The number of aromatic nitrogens is 1. The van der Waals surface area contributed by atoms with Crippen LogP contribution in [-0.2, 0) is 0 Å². The van der Waals surface area contributed by atoms with Gasteiger partial charge in [-0.2, -0.15) is 0 Å². The van der Waals surface area contributed by atoms with Gasteiger partial charge in [0.2, 0.25) is 0 Å². The molecule has 2 unspecified atom stereocenters. The highest BCUT2D eigenvalue weighted by Gasteiger charge is 2.42. The monoisotopic (exact) mass is 357 g/mol. The van der Waals surface area contributed by atoms with E-state index in [1.54, 1.807) is 12.1 Å². The Balaban J connectivity index is 1.73. The number of H-pyrrole nitrogens is 1. The first-order chi connectivity index (χ1) is 12.5. The Hall–Kier alpha value is -2.56. The van der Waals surface area contributed by atoms with E-state index in [0.717, 1.165) is 53.9 Å². The molecule has 2 aliphatic rings. The summed E-state index contributed by atoms with van der Waals surface area (Å²) in [5.74, 6) is -2.84. The summed E-state index contributed by atoms with van der Waals surface area (Å²) >= 11 is 0. The van der Waals surface area contributed by atoms with Gasteiger partial charge < -0.3 is 4.98 Å². The van der Waals surface area contributed by atoms with E-state index in [-0.39, 0.29) is 0 Å². The summed E-state index contributed by atoms with van der Waals surface area (Å²) in [6.45, 7) is 0. The van der Waals surface area contributed by atoms with Gasteiger partial charge in [-0.3, -0.25) is 0 Å². The molecule has 0 amide bonds. The lowest BCUT2D eigenvalue weighted by molar-refractivity contribution is 0.509. The van der Waals surface area contributed by atoms with E-state index in [9.17, 15) is 17.6 Å². The molecule has 5 heteroatoms. The largest absolute Gasteiger partial charge is 0.354 e. The van der Waals surface area contributed by atoms with E-state index in [4.69, 9.17) is 0 Å². The van der Waals surface area contributed by atoms with Crippen molar-refractivity contribution < 1.29 is 17.6 Å². The van der Waals surface area contributed by atoms with Gasteiger partial charge in [0, 0.05) is 22.5 Å². The molecule has 5 rings (SSSR count). The Labute approximate surface area is 147 Å². The van der Waals surface area contributed by atoms with Gasteiger partial charge in [0.25, 0.3) is 0 Å². The first kappa shape index (κ1) is 15.7. The molecule has 1 saturated carbocycles. The Morgan fingerprint density at radius 2 is 1.12 bits per heavy atom. The topological polar surface area (TPSA) is 15.8 Å². The Morgan fingerprint density at radius 3 is 1.54 bits per heavy atom. The number of hydrogen-bond donors (Lipinski definition) is 1. The molecule has 0 radical (unpaired) electrons. The maximum Gasteiger partial charge on any atom is 0.159 e. The van der Waals surface area contributed by atoms with Crippen LogP contribution in [0.2, 0.25) is 0 Å². The average molecular weight is 357 g/mol. The van der Waals surface area contributed by atoms with Crippen molar-refractivity contribution in [3.63, 3.8) is 0 Å². The van der Waals surface area contributed by atoms with E-state index >= 15 is 0 Å². The molecule has 1 N–H and O–H groups in total. The van der Waals surface area contributed by atoms with E-state index in [0.29, 0.717) is 23.0 Å². The first-order valence-electron chi connectivity index (χ1n) is 8.69. The number of fused-ring (bicyclic) bond motifs is 5. The standard InChI is InChI=1S/C21H15F4N/c22-14-5-3-12(8-16(14)24)20-18-10-1-2-11(7-10)19(18)21(26-20)13-4-6-15(23)17(25)9-13/h3-6,8-11,26H,1-2,7H2. The van der Waals surface area contributed by atoms with Crippen LogP contribution >= 0.6 is 0 Å². The molecule has 2 aromatic carbocycles. The lowest BCUT2D eigenvalue weighted by atomic mass is 9.89. The quantitative estimate of drug-likeness (QED) is 0.520. The van der Waals surface area contributed by atoms with Crippen molar-refractivity contribution in [3.05, 3.63) is 70.8 Å². The lowest BCUT2D eigenvalue weighted by Gasteiger charge is -2.14. The van der Waals surface area contributed by atoms with Crippen molar-refractivity contribution in [3.8, 4) is 22.5 Å². The Morgan fingerprint density at radius 1 is 0.654 bits per heavy atom. The van der Waals surface area contributed by atoms with Gasteiger partial charge in [-0.1, -0.05) is 0 Å². The fourth-order valence-electron chi connectivity index (χ4n) is 4.64. The molecule has 1 heterocycles. The first-order valence-corrected chi connectivity index (χ1v) is 8.69. The summed E-state index contributed by atoms with van der Waals surface area (Å²) in [6.07, 6.45) is 3.14. The third-order valence-electron chi connectivity index (χ3n) is 5.74. The SMILES string of the molecule is Fc1ccc(-c2[nH]c(-c3ccc(F)c(F)c3)c3c2C2CCC3C2)cc1F. The third kappa shape index (κ3) is 2.16. The van der Waals surface area contributed by atoms with Crippen LogP contribution in [0, 0.1) is 23.3 Å². The van der Waals surface area contributed by atoms with E-state index in [1.807, 2.05) is 0 Å². The van der Waals surface area contributed by atoms with Crippen molar-refractivity contribution in [1.29, 1.82) is 0 Å². The second-order valence-electron chi connectivity index (χ2n) is 7.17. The zero-order valence-corrected chi connectivity index (χ0v) is 13.8. The number of benzene rings is 2. The highest BCUT2D eigenvalue weighted by molar-refractivity contribution is 5.79. The van der Waals surface area contributed by atoms with Crippen molar-refractivity contribution in [2.75, 3.05) is 0 Å². The van der Waals surface area contributed by atoms with E-state index in [1.165, 1.54) is 12.1 Å². The van der Waals surface area contributed by atoms with Gasteiger partial charge in [-0.05, 0) is 78.6 Å². The van der Waals surface area contributed by atoms with E-state index in [2.05, 4.69) is 4.98 Å². The van der Waals surface area contributed by atoms with Crippen molar-refractivity contribution >= 4 is 0 Å². The predicted octanol–water partition coefficient (Wildman–Crippen LogP) is 6.27. The van der Waals surface area contributed by atoms with Crippen LogP contribution < -0.4 is 0 Å². The minimum Gasteiger partial charge on any atom is -0.354 e. The van der Waals surface area contributed by atoms with E-state index < -0.39 is 23.3 Å². The second kappa shape index (κ2) is 5.47. The highest BCUT2D eigenvalue weighted by atomic mass is 19.2. The summed E-state index contributed by atoms with van der Waals surface area (Å²) in [5, 5.41) is 0. The van der Waals surface area contributed by atoms with Crippen LogP contribution in [0.4, 0.5) is 17.6 Å². The Bertz CT molecular complexity index is 957. The number of aromatic amines is 1. The lowest BCUT2D eigenvalue weighted by Crippen LogP contribution is -1.97. The molecule has 2 bridgehead atoms. The molecule has 1 nitrogen and oxygen atoms in total. The molecule has 2 aliphatic carbocycles. The molecule has 132 valence electrons. The van der Waals surface area contributed by atoms with Gasteiger partial charge >= 0.3 is 0 Å².